The minimum Gasteiger partial charge on any atom is -0.382 e. The van der Waals surface area contributed by atoms with Crippen molar-refractivity contribution in [1.82, 2.24) is 5.16 Å². The molecule has 0 spiro atoms. The Hall–Kier alpha value is -1.56. The normalized spacial score (nSPS) is 11.9. The van der Waals surface area contributed by atoms with Gasteiger partial charge in [0.25, 0.3) is 0 Å². The second-order valence-corrected chi connectivity index (χ2v) is 5.39. The number of halogens is 1. The highest BCUT2D eigenvalue weighted by Crippen LogP contribution is 2.29. The maximum atomic E-state index is 9.78. The van der Waals surface area contributed by atoms with Crippen molar-refractivity contribution in [2.24, 2.45) is 5.41 Å². The van der Waals surface area contributed by atoms with Crippen LogP contribution in [0.3, 0.4) is 0 Å². The SMILES string of the molecule is CC(C)(O)c1cc(CC(C#N)(C#N)CCCCl)no1. The van der Waals surface area contributed by atoms with Crippen LogP contribution in [0.5, 0.6) is 0 Å². The molecule has 1 heterocycles. The summed E-state index contributed by atoms with van der Waals surface area (Å²) in [7, 11) is 0. The molecule has 0 fully saturated rings. The molecule has 0 aliphatic rings. The van der Waals surface area contributed by atoms with E-state index in [1.807, 2.05) is 12.1 Å². The average molecular weight is 282 g/mol. The summed E-state index contributed by atoms with van der Waals surface area (Å²) >= 11 is 5.60. The van der Waals surface area contributed by atoms with Gasteiger partial charge in [-0.3, -0.25) is 0 Å². The van der Waals surface area contributed by atoms with Gasteiger partial charge in [0.05, 0.1) is 17.8 Å². The molecule has 0 aliphatic carbocycles. The fraction of sp³-hybridized carbons (Fsp3) is 0.615. The Morgan fingerprint density at radius 1 is 1.42 bits per heavy atom. The molecular formula is C13H16ClN3O2. The fourth-order valence-corrected chi connectivity index (χ4v) is 1.80. The standard InChI is InChI=1S/C13H16ClN3O2/c1-12(2,18)11-6-10(17-19-11)7-13(8-15,9-16)4-3-5-14/h6,18H,3-5,7H2,1-2H3. The maximum absolute atomic E-state index is 9.78. The number of nitrogens with zero attached hydrogens (tertiary/aromatic N) is 3. The van der Waals surface area contributed by atoms with Crippen molar-refractivity contribution < 1.29 is 9.63 Å². The van der Waals surface area contributed by atoms with Gasteiger partial charge in [-0.1, -0.05) is 5.16 Å². The third kappa shape index (κ3) is 3.96. The molecule has 0 atom stereocenters. The lowest BCUT2D eigenvalue weighted by molar-refractivity contribution is 0.0474. The summed E-state index contributed by atoms with van der Waals surface area (Å²) in [4.78, 5) is 0. The van der Waals surface area contributed by atoms with Gasteiger partial charge in [-0.25, -0.2) is 0 Å². The Morgan fingerprint density at radius 3 is 2.47 bits per heavy atom. The molecule has 0 bridgehead atoms. The highest BCUT2D eigenvalue weighted by atomic mass is 35.5. The fourth-order valence-electron chi connectivity index (χ4n) is 1.67. The van der Waals surface area contributed by atoms with Gasteiger partial charge in [-0.2, -0.15) is 10.5 Å². The van der Waals surface area contributed by atoms with E-state index in [1.54, 1.807) is 19.9 Å². The van der Waals surface area contributed by atoms with Crippen LogP contribution in [-0.4, -0.2) is 16.1 Å². The lowest BCUT2D eigenvalue weighted by Gasteiger charge is -2.15. The molecule has 0 saturated carbocycles. The quantitative estimate of drug-likeness (QED) is 0.809. The zero-order valence-corrected chi connectivity index (χ0v) is 11.7. The third-order valence-electron chi connectivity index (χ3n) is 2.81. The van der Waals surface area contributed by atoms with Crippen molar-refractivity contribution in [2.45, 2.75) is 38.7 Å². The van der Waals surface area contributed by atoms with Crippen LogP contribution < -0.4 is 0 Å². The van der Waals surface area contributed by atoms with Crippen LogP contribution in [0.25, 0.3) is 0 Å². The molecule has 0 saturated heterocycles. The predicted octanol–water partition coefficient (Wildman–Crippen LogP) is 2.50. The minimum atomic E-state index is -1.15. The Labute approximate surface area is 117 Å². The molecule has 1 N–H and O–H groups in total. The highest BCUT2D eigenvalue weighted by molar-refractivity contribution is 6.17. The number of nitriles is 2. The second-order valence-electron chi connectivity index (χ2n) is 5.02. The van der Waals surface area contributed by atoms with Crippen molar-refractivity contribution in [3.63, 3.8) is 0 Å². The summed E-state index contributed by atoms with van der Waals surface area (Å²) < 4.78 is 5.02. The Balaban J connectivity index is 2.90. The van der Waals surface area contributed by atoms with Gasteiger partial charge in [0, 0.05) is 18.4 Å². The number of rotatable bonds is 6. The van der Waals surface area contributed by atoms with E-state index in [0.29, 0.717) is 30.2 Å². The van der Waals surface area contributed by atoms with Crippen molar-refractivity contribution in [3.05, 3.63) is 17.5 Å². The Kier molecular flexibility index (Phi) is 4.94. The molecule has 0 unspecified atom stereocenters. The molecule has 5 nitrogen and oxygen atoms in total. The molecule has 1 rings (SSSR count). The number of hydrogen-bond acceptors (Lipinski definition) is 5. The number of hydrogen-bond donors (Lipinski definition) is 1. The molecule has 0 radical (unpaired) electrons. The molecule has 0 amide bonds. The summed E-state index contributed by atoms with van der Waals surface area (Å²) in [5.41, 5.74) is -1.80. The van der Waals surface area contributed by atoms with Gasteiger partial charge in [-0.05, 0) is 26.7 Å². The maximum Gasteiger partial charge on any atom is 0.167 e. The van der Waals surface area contributed by atoms with E-state index in [2.05, 4.69) is 5.16 Å². The molecule has 0 aromatic carbocycles. The van der Waals surface area contributed by atoms with Crippen LogP contribution >= 0.6 is 11.6 Å². The van der Waals surface area contributed by atoms with Crippen LogP contribution in [0, 0.1) is 28.1 Å². The molecule has 1 aromatic heterocycles. The first kappa shape index (κ1) is 15.5. The summed E-state index contributed by atoms with van der Waals surface area (Å²) in [6, 6.07) is 5.64. The molecule has 102 valence electrons. The van der Waals surface area contributed by atoms with Crippen molar-refractivity contribution in [2.75, 3.05) is 5.88 Å². The summed E-state index contributed by atoms with van der Waals surface area (Å²) in [5.74, 6) is 0.711. The monoisotopic (exact) mass is 281 g/mol. The van der Waals surface area contributed by atoms with Crippen molar-refractivity contribution in [3.8, 4) is 12.1 Å². The average Bonchev–Trinajstić information content (AvgIpc) is 2.83. The molecule has 1 aromatic rings. The predicted molar refractivity (Wildman–Crippen MR) is 69.1 cm³/mol. The van der Waals surface area contributed by atoms with E-state index >= 15 is 0 Å². The van der Waals surface area contributed by atoms with Gasteiger partial charge in [0.1, 0.15) is 11.0 Å². The summed E-state index contributed by atoms with van der Waals surface area (Å²) in [6.45, 7) is 3.15. The second kappa shape index (κ2) is 6.06. The van der Waals surface area contributed by atoms with Gasteiger partial charge < -0.3 is 9.63 Å². The first-order chi connectivity index (χ1) is 8.87. The van der Waals surface area contributed by atoms with E-state index < -0.39 is 11.0 Å². The van der Waals surface area contributed by atoms with E-state index in [1.165, 1.54) is 0 Å². The topological polar surface area (TPSA) is 93.8 Å². The van der Waals surface area contributed by atoms with Gasteiger partial charge in [0.15, 0.2) is 5.76 Å². The van der Waals surface area contributed by atoms with E-state index in [-0.39, 0.29) is 6.42 Å². The first-order valence-electron chi connectivity index (χ1n) is 5.94. The summed E-state index contributed by atoms with van der Waals surface area (Å²) in [5, 5.41) is 32.0. The van der Waals surface area contributed by atoms with Crippen LogP contribution in [0.1, 0.15) is 38.1 Å². The zero-order chi connectivity index (χ0) is 14.5. The van der Waals surface area contributed by atoms with Gasteiger partial charge in [0.2, 0.25) is 0 Å². The molecular weight excluding hydrogens is 266 g/mol. The number of aliphatic hydroxyl groups is 1. The first-order valence-corrected chi connectivity index (χ1v) is 6.47. The third-order valence-corrected chi connectivity index (χ3v) is 3.08. The zero-order valence-electron chi connectivity index (χ0n) is 11.0. The molecule has 0 aliphatic heterocycles. The largest absolute Gasteiger partial charge is 0.382 e. The van der Waals surface area contributed by atoms with E-state index in [4.69, 9.17) is 16.1 Å². The van der Waals surface area contributed by atoms with Gasteiger partial charge >= 0.3 is 0 Å². The molecule has 19 heavy (non-hydrogen) atoms. The van der Waals surface area contributed by atoms with Crippen molar-refractivity contribution in [1.29, 1.82) is 10.5 Å². The van der Waals surface area contributed by atoms with E-state index in [9.17, 15) is 15.6 Å². The van der Waals surface area contributed by atoms with Crippen LogP contribution in [0.2, 0.25) is 0 Å². The Bertz CT molecular complexity index is 491. The van der Waals surface area contributed by atoms with E-state index in [0.717, 1.165) is 0 Å². The number of aromatic nitrogens is 1. The number of alkyl halides is 1. The van der Waals surface area contributed by atoms with Crippen LogP contribution in [-0.2, 0) is 12.0 Å². The molecule has 6 heteroatoms. The lowest BCUT2D eigenvalue weighted by atomic mass is 9.82. The lowest BCUT2D eigenvalue weighted by Crippen LogP contribution is -2.20. The highest BCUT2D eigenvalue weighted by Gasteiger charge is 2.32. The summed E-state index contributed by atoms with van der Waals surface area (Å²) in [6.07, 6.45) is 1.13. The minimum absolute atomic E-state index is 0.163. The van der Waals surface area contributed by atoms with Crippen LogP contribution in [0.15, 0.2) is 10.6 Å². The van der Waals surface area contributed by atoms with Crippen LogP contribution in [0.4, 0.5) is 0 Å². The smallest absolute Gasteiger partial charge is 0.167 e. The van der Waals surface area contributed by atoms with Gasteiger partial charge in [-0.15, -0.1) is 11.6 Å². The Morgan fingerprint density at radius 2 is 2.05 bits per heavy atom. The van der Waals surface area contributed by atoms with Crippen molar-refractivity contribution >= 4 is 11.6 Å².